The standard InChI is InChI=1S/C8H12N4/c1-6(2)8-10-5-12(11-8)7(3)4-9/h5-7H,1-3H3. The van der Waals surface area contributed by atoms with Crippen LogP contribution < -0.4 is 0 Å². The summed E-state index contributed by atoms with van der Waals surface area (Å²) in [6.45, 7) is 5.84. The molecule has 0 spiro atoms. The van der Waals surface area contributed by atoms with Crippen LogP contribution in [0.2, 0.25) is 0 Å². The van der Waals surface area contributed by atoms with E-state index in [1.807, 2.05) is 13.8 Å². The fourth-order valence-electron chi connectivity index (χ4n) is 0.799. The van der Waals surface area contributed by atoms with Gasteiger partial charge < -0.3 is 0 Å². The first kappa shape index (κ1) is 8.72. The van der Waals surface area contributed by atoms with E-state index >= 15 is 0 Å². The molecule has 64 valence electrons. The highest BCUT2D eigenvalue weighted by Gasteiger charge is 2.08. The van der Waals surface area contributed by atoms with Crippen LogP contribution >= 0.6 is 0 Å². The van der Waals surface area contributed by atoms with E-state index in [0.717, 1.165) is 5.82 Å². The Kier molecular flexibility index (Phi) is 2.44. The summed E-state index contributed by atoms with van der Waals surface area (Å²) in [6, 6.07) is 1.86. The maximum absolute atomic E-state index is 8.60. The summed E-state index contributed by atoms with van der Waals surface area (Å²) in [7, 11) is 0. The maximum atomic E-state index is 8.60. The Bertz CT molecular complexity index is 294. The lowest BCUT2D eigenvalue weighted by molar-refractivity contribution is 0.576. The van der Waals surface area contributed by atoms with Crippen LogP contribution in [0.4, 0.5) is 0 Å². The van der Waals surface area contributed by atoms with E-state index in [1.54, 1.807) is 17.9 Å². The van der Waals surface area contributed by atoms with Crippen molar-refractivity contribution in [3.63, 3.8) is 0 Å². The molecule has 1 unspecified atom stereocenters. The average molecular weight is 164 g/mol. The number of aromatic nitrogens is 3. The number of nitrogens with zero attached hydrogens (tertiary/aromatic N) is 4. The quantitative estimate of drug-likeness (QED) is 0.665. The van der Waals surface area contributed by atoms with Crippen LogP contribution in [-0.2, 0) is 0 Å². The van der Waals surface area contributed by atoms with Crippen LogP contribution in [-0.4, -0.2) is 14.8 Å². The lowest BCUT2D eigenvalue weighted by Crippen LogP contribution is -2.03. The van der Waals surface area contributed by atoms with Crippen LogP contribution in [0.15, 0.2) is 6.33 Å². The fourth-order valence-corrected chi connectivity index (χ4v) is 0.799. The lowest BCUT2D eigenvalue weighted by atomic mass is 10.2. The molecule has 0 aliphatic rings. The molecule has 0 bridgehead atoms. The normalized spacial score (nSPS) is 12.9. The van der Waals surface area contributed by atoms with E-state index in [9.17, 15) is 0 Å². The molecule has 1 rings (SSSR count). The van der Waals surface area contributed by atoms with Gasteiger partial charge >= 0.3 is 0 Å². The van der Waals surface area contributed by atoms with Crippen molar-refractivity contribution >= 4 is 0 Å². The van der Waals surface area contributed by atoms with Gasteiger partial charge in [0.2, 0.25) is 0 Å². The third-order valence-corrected chi connectivity index (χ3v) is 1.63. The Balaban J connectivity index is 2.86. The van der Waals surface area contributed by atoms with E-state index in [-0.39, 0.29) is 6.04 Å². The van der Waals surface area contributed by atoms with Crippen LogP contribution in [0.3, 0.4) is 0 Å². The van der Waals surface area contributed by atoms with E-state index in [0.29, 0.717) is 5.92 Å². The third kappa shape index (κ3) is 1.62. The van der Waals surface area contributed by atoms with Crippen molar-refractivity contribution in [1.82, 2.24) is 14.8 Å². The zero-order valence-electron chi connectivity index (χ0n) is 7.52. The van der Waals surface area contributed by atoms with Crippen molar-refractivity contribution < 1.29 is 0 Å². The molecule has 0 saturated heterocycles. The van der Waals surface area contributed by atoms with Gasteiger partial charge in [-0.25, -0.2) is 9.67 Å². The summed E-state index contributed by atoms with van der Waals surface area (Å²) in [5, 5.41) is 12.8. The van der Waals surface area contributed by atoms with Gasteiger partial charge in [0, 0.05) is 5.92 Å². The third-order valence-electron chi connectivity index (χ3n) is 1.63. The highest BCUT2D eigenvalue weighted by Crippen LogP contribution is 2.09. The Labute approximate surface area is 71.8 Å². The van der Waals surface area contributed by atoms with Gasteiger partial charge in [0.05, 0.1) is 6.07 Å². The lowest BCUT2D eigenvalue weighted by Gasteiger charge is -2.00. The molecular formula is C8H12N4. The topological polar surface area (TPSA) is 54.5 Å². The summed E-state index contributed by atoms with van der Waals surface area (Å²) in [5.74, 6) is 1.11. The monoisotopic (exact) mass is 164 g/mol. The molecule has 0 saturated carbocycles. The predicted molar refractivity (Wildman–Crippen MR) is 44.4 cm³/mol. The molecule has 4 nitrogen and oxygen atoms in total. The molecule has 1 heterocycles. The second-order valence-electron chi connectivity index (χ2n) is 3.04. The minimum absolute atomic E-state index is 0.231. The summed E-state index contributed by atoms with van der Waals surface area (Å²) in [6.07, 6.45) is 1.60. The van der Waals surface area contributed by atoms with E-state index in [1.165, 1.54) is 0 Å². The SMILES string of the molecule is CC(C)c1ncn(C(C)C#N)n1. The van der Waals surface area contributed by atoms with Gasteiger partial charge in [-0.1, -0.05) is 13.8 Å². The molecule has 0 aliphatic heterocycles. The van der Waals surface area contributed by atoms with Crippen LogP contribution in [0, 0.1) is 11.3 Å². The Morgan fingerprint density at radius 1 is 1.50 bits per heavy atom. The summed E-state index contributed by atoms with van der Waals surface area (Å²) >= 11 is 0. The molecule has 1 atom stereocenters. The predicted octanol–water partition coefficient (Wildman–Crippen LogP) is 1.49. The number of hydrogen-bond acceptors (Lipinski definition) is 3. The first-order valence-electron chi connectivity index (χ1n) is 3.95. The highest BCUT2D eigenvalue weighted by atomic mass is 15.3. The van der Waals surface area contributed by atoms with Crippen LogP contribution in [0.5, 0.6) is 0 Å². The van der Waals surface area contributed by atoms with Crippen molar-refractivity contribution in [3.8, 4) is 6.07 Å². The summed E-state index contributed by atoms with van der Waals surface area (Å²) in [4.78, 5) is 4.09. The van der Waals surface area contributed by atoms with Gasteiger partial charge in [0.25, 0.3) is 0 Å². The van der Waals surface area contributed by atoms with Gasteiger partial charge in [0.15, 0.2) is 5.82 Å². The van der Waals surface area contributed by atoms with E-state index < -0.39 is 0 Å². The number of rotatable bonds is 2. The van der Waals surface area contributed by atoms with E-state index in [2.05, 4.69) is 16.2 Å². The van der Waals surface area contributed by atoms with Gasteiger partial charge in [-0.2, -0.15) is 10.4 Å². The maximum Gasteiger partial charge on any atom is 0.153 e. The van der Waals surface area contributed by atoms with Gasteiger partial charge in [-0.3, -0.25) is 0 Å². The molecule has 1 aromatic heterocycles. The van der Waals surface area contributed by atoms with E-state index in [4.69, 9.17) is 5.26 Å². The molecule has 0 aliphatic carbocycles. The highest BCUT2D eigenvalue weighted by molar-refractivity contribution is 4.92. The van der Waals surface area contributed by atoms with Crippen LogP contribution in [0.1, 0.15) is 38.6 Å². The van der Waals surface area contributed by atoms with Gasteiger partial charge in [0.1, 0.15) is 12.4 Å². The van der Waals surface area contributed by atoms with Crippen molar-refractivity contribution in [2.45, 2.75) is 32.7 Å². The Hall–Kier alpha value is -1.37. The summed E-state index contributed by atoms with van der Waals surface area (Å²) < 4.78 is 1.58. The zero-order chi connectivity index (χ0) is 9.14. The Morgan fingerprint density at radius 3 is 2.58 bits per heavy atom. The summed E-state index contributed by atoms with van der Waals surface area (Å²) in [5.41, 5.74) is 0. The number of nitriles is 1. The van der Waals surface area contributed by atoms with Gasteiger partial charge in [-0.15, -0.1) is 0 Å². The van der Waals surface area contributed by atoms with Crippen LogP contribution in [0.25, 0.3) is 0 Å². The first-order valence-corrected chi connectivity index (χ1v) is 3.95. The van der Waals surface area contributed by atoms with Gasteiger partial charge in [-0.05, 0) is 6.92 Å². The molecule has 0 N–H and O–H groups in total. The zero-order valence-corrected chi connectivity index (χ0v) is 7.52. The second kappa shape index (κ2) is 3.35. The smallest absolute Gasteiger partial charge is 0.153 e. The fraction of sp³-hybridized carbons (Fsp3) is 0.625. The Morgan fingerprint density at radius 2 is 2.17 bits per heavy atom. The molecule has 12 heavy (non-hydrogen) atoms. The minimum Gasteiger partial charge on any atom is -0.236 e. The molecular weight excluding hydrogens is 152 g/mol. The molecule has 0 aromatic carbocycles. The molecule has 4 heteroatoms. The average Bonchev–Trinajstić information content (AvgIpc) is 2.51. The minimum atomic E-state index is -0.231. The van der Waals surface area contributed by atoms with Crippen molar-refractivity contribution in [1.29, 1.82) is 5.26 Å². The van der Waals surface area contributed by atoms with Crippen molar-refractivity contribution in [2.24, 2.45) is 0 Å². The molecule has 0 amide bonds. The second-order valence-corrected chi connectivity index (χ2v) is 3.04. The largest absolute Gasteiger partial charge is 0.236 e. The van der Waals surface area contributed by atoms with Crippen molar-refractivity contribution in [3.05, 3.63) is 12.2 Å². The van der Waals surface area contributed by atoms with Crippen molar-refractivity contribution in [2.75, 3.05) is 0 Å². The molecule has 0 fully saturated rings. The molecule has 1 aromatic rings. The first-order chi connectivity index (χ1) is 5.65. The molecule has 0 radical (unpaired) electrons. The number of hydrogen-bond donors (Lipinski definition) is 0.